The van der Waals surface area contributed by atoms with Gasteiger partial charge in [0.2, 0.25) is 5.91 Å². The standard InChI is InChI=1S/C20H25NO3/c1-21(13-16-7-4-8-19(16)22)20(23)11-15-6-3-5-14-9-10-17(24-2)12-18(14)15/h3,5-6,9-10,12,16,19,22H,4,7-8,11,13H2,1-2H3. The van der Waals surface area contributed by atoms with E-state index in [4.69, 9.17) is 4.74 Å². The van der Waals surface area contributed by atoms with Crippen LogP contribution in [-0.4, -0.2) is 42.7 Å². The normalized spacial score (nSPS) is 20.3. The number of hydrogen-bond donors (Lipinski definition) is 1. The third kappa shape index (κ3) is 3.54. The maximum Gasteiger partial charge on any atom is 0.226 e. The van der Waals surface area contributed by atoms with E-state index in [2.05, 4.69) is 0 Å². The maximum atomic E-state index is 12.6. The molecule has 2 aromatic carbocycles. The zero-order chi connectivity index (χ0) is 17.1. The van der Waals surface area contributed by atoms with Crippen molar-refractivity contribution in [3.05, 3.63) is 42.0 Å². The van der Waals surface area contributed by atoms with Crippen molar-refractivity contribution in [3.8, 4) is 5.75 Å². The number of aliphatic hydroxyl groups is 1. The van der Waals surface area contributed by atoms with Crippen molar-refractivity contribution in [1.82, 2.24) is 4.90 Å². The van der Waals surface area contributed by atoms with Crippen LogP contribution in [0.1, 0.15) is 24.8 Å². The summed E-state index contributed by atoms with van der Waals surface area (Å²) >= 11 is 0. The second-order valence-corrected chi connectivity index (χ2v) is 6.71. The van der Waals surface area contributed by atoms with Crippen LogP contribution in [0.15, 0.2) is 36.4 Å². The van der Waals surface area contributed by atoms with E-state index >= 15 is 0 Å². The molecule has 0 aliphatic heterocycles. The molecule has 0 heterocycles. The number of fused-ring (bicyclic) bond motifs is 1. The van der Waals surface area contributed by atoms with Gasteiger partial charge < -0.3 is 14.7 Å². The Kier molecular flexibility index (Phi) is 5.05. The summed E-state index contributed by atoms with van der Waals surface area (Å²) in [5.41, 5.74) is 1.01. The molecule has 3 rings (SSSR count). The first kappa shape index (κ1) is 16.8. The van der Waals surface area contributed by atoms with Crippen LogP contribution in [0.3, 0.4) is 0 Å². The smallest absolute Gasteiger partial charge is 0.226 e. The van der Waals surface area contributed by atoms with Crippen LogP contribution in [0, 0.1) is 5.92 Å². The Morgan fingerprint density at radius 3 is 2.83 bits per heavy atom. The van der Waals surface area contributed by atoms with Crippen LogP contribution < -0.4 is 4.74 Å². The average Bonchev–Trinajstić information content (AvgIpc) is 2.99. The van der Waals surface area contributed by atoms with E-state index in [1.165, 1.54) is 0 Å². The molecular formula is C20H25NO3. The molecule has 0 bridgehead atoms. The van der Waals surface area contributed by atoms with E-state index in [0.29, 0.717) is 13.0 Å². The molecule has 0 spiro atoms. The number of benzene rings is 2. The molecule has 2 unspecified atom stereocenters. The lowest BCUT2D eigenvalue weighted by atomic mass is 10.0. The number of ether oxygens (including phenoxy) is 1. The summed E-state index contributed by atoms with van der Waals surface area (Å²) in [4.78, 5) is 14.4. The highest BCUT2D eigenvalue weighted by Gasteiger charge is 2.27. The van der Waals surface area contributed by atoms with Crippen molar-refractivity contribution in [2.75, 3.05) is 20.7 Å². The molecule has 0 aromatic heterocycles. The fraction of sp³-hybridized carbons (Fsp3) is 0.450. The first-order valence-corrected chi connectivity index (χ1v) is 8.56. The maximum absolute atomic E-state index is 12.6. The van der Waals surface area contributed by atoms with Crippen molar-refractivity contribution in [1.29, 1.82) is 0 Å². The topological polar surface area (TPSA) is 49.8 Å². The van der Waals surface area contributed by atoms with Crippen molar-refractivity contribution < 1.29 is 14.6 Å². The molecule has 1 saturated carbocycles. The molecular weight excluding hydrogens is 302 g/mol. The number of aliphatic hydroxyl groups excluding tert-OH is 1. The lowest BCUT2D eigenvalue weighted by Gasteiger charge is -2.23. The Morgan fingerprint density at radius 1 is 1.29 bits per heavy atom. The summed E-state index contributed by atoms with van der Waals surface area (Å²) in [5.74, 6) is 1.10. The van der Waals surface area contributed by atoms with E-state index in [1.807, 2.05) is 43.4 Å². The summed E-state index contributed by atoms with van der Waals surface area (Å²) in [5, 5.41) is 12.1. The average molecular weight is 327 g/mol. The lowest BCUT2D eigenvalue weighted by molar-refractivity contribution is -0.130. The minimum atomic E-state index is -0.262. The Morgan fingerprint density at radius 2 is 2.12 bits per heavy atom. The number of amides is 1. The van der Waals surface area contributed by atoms with Crippen LogP contribution in [-0.2, 0) is 11.2 Å². The van der Waals surface area contributed by atoms with Gasteiger partial charge in [-0.2, -0.15) is 0 Å². The van der Waals surface area contributed by atoms with E-state index < -0.39 is 0 Å². The molecule has 1 amide bonds. The fourth-order valence-electron chi connectivity index (χ4n) is 3.58. The summed E-state index contributed by atoms with van der Waals surface area (Å²) in [6.07, 6.45) is 3.02. The number of methoxy groups -OCH3 is 1. The molecule has 128 valence electrons. The van der Waals surface area contributed by atoms with Gasteiger partial charge in [-0.1, -0.05) is 30.7 Å². The number of carbonyl (C=O) groups excluding carboxylic acids is 1. The number of carbonyl (C=O) groups is 1. The minimum Gasteiger partial charge on any atom is -0.497 e. The van der Waals surface area contributed by atoms with Gasteiger partial charge in [0.1, 0.15) is 5.75 Å². The van der Waals surface area contributed by atoms with Gasteiger partial charge in [-0.15, -0.1) is 0 Å². The Bertz CT molecular complexity index is 728. The summed E-state index contributed by atoms with van der Waals surface area (Å²) in [6, 6.07) is 12.0. The van der Waals surface area contributed by atoms with Crippen molar-refractivity contribution in [3.63, 3.8) is 0 Å². The zero-order valence-corrected chi connectivity index (χ0v) is 14.4. The SMILES string of the molecule is COc1ccc2cccc(CC(=O)N(C)CC3CCCC3O)c2c1. The van der Waals surface area contributed by atoms with E-state index in [0.717, 1.165) is 41.3 Å². The molecule has 1 N–H and O–H groups in total. The number of rotatable bonds is 5. The molecule has 1 aliphatic rings. The molecule has 2 aromatic rings. The van der Waals surface area contributed by atoms with Gasteiger partial charge in [0.15, 0.2) is 0 Å². The quantitative estimate of drug-likeness (QED) is 0.918. The molecule has 24 heavy (non-hydrogen) atoms. The summed E-state index contributed by atoms with van der Waals surface area (Å²) in [7, 11) is 3.48. The third-order valence-corrected chi connectivity index (χ3v) is 5.07. The molecule has 0 saturated heterocycles. The van der Waals surface area contributed by atoms with Gasteiger partial charge in [0.25, 0.3) is 0 Å². The predicted molar refractivity (Wildman–Crippen MR) is 95.2 cm³/mol. The first-order chi connectivity index (χ1) is 11.6. The highest BCUT2D eigenvalue weighted by Crippen LogP contribution is 2.27. The van der Waals surface area contributed by atoms with Gasteiger partial charge in [0.05, 0.1) is 19.6 Å². The first-order valence-electron chi connectivity index (χ1n) is 8.56. The Hall–Kier alpha value is -2.07. The molecule has 2 atom stereocenters. The highest BCUT2D eigenvalue weighted by atomic mass is 16.5. The van der Waals surface area contributed by atoms with Crippen LogP contribution in [0.25, 0.3) is 10.8 Å². The molecule has 1 fully saturated rings. The van der Waals surface area contributed by atoms with Crippen LogP contribution in [0.5, 0.6) is 5.75 Å². The Balaban J connectivity index is 1.75. The number of hydrogen-bond acceptors (Lipinski definition) is 3. The third-order valence-electron chi connectivity index (χ3n) is 5.07. The molecule has 1 aliphatic carbocycles. The largest absolute Gasteiger partial charge is 0.497 e. The lowest BCUT2D eigenvalue weighted by Crippen LogP contribution is -2.35. The van der Waals surface area contributed by atoms with E-state index in [9.17, 15) is 9.90 Å². The zero-order valence-electron chi connectivity index (χ0n) is 14.4. The second-order valence-electron chi connectivity index (χ2n) is 6.71. The van der Waals surface area contributed by atoms with Crippen LogP contribution in [0.4, 0.5) is 0 Å². The molecule has 0 radical (unpaired) electrons. The van der Waals surface area contributed by atoms with Gasteiger partial charge in [-0.05, 0) is 41.3 Å². The summed E-state index contributed by atoms with van der Waals surface area (Å²) in [6.45, 7) is 0.633. The van der Waals surface area contributed by atoms with Crippen molar-refractivity contribution in [2.24, 2.45) is 5.92 Å². The van der Waals surface area contributed by atoms with Gasteiger partial charge >= 0.3 is 0 Å². The highest BCUT2D eigenvalue weighted by molar-refractivity contribution is 5.91. The fourth-order valence-corrected chi connectivity index (χ4v) is 3.58. The van der Waals surface area contributed by atoms with E-state index in [1.54, 1.807) is 12.0 Å². The minimum absolute atomic E-state index is 0.0874. The van der Waals surface area contributed by atoms with Gasteiger partial charge in [-0.3, -0.25) is 4.79 Å². The van der Waals surface area contributed by atoms with Crippen LogP contribution in [0.2, 0.25) is 0 Å². The van der Waals surface area contributed by atoms with Crippen LogP contribution >= 0.6 is 0 Å². The van der Waals surface area contributed by atoms with Gasteiger partial charge in [-0.25, -0.2) is 0 Å². The second kappa shape index (κ2) is 7.22. The molecule has 4 heteroatoms. The van der Waals surface area contributed by atoms with Crippen molar-refractivity contribution >= 4 is 16.7 Å². The Labute approximate surface area is 143 Å². The van der Waals surface area contributed by atoms with Crippen molar-refractivity contribution in [2.45, 2.75) is 31.8 Å². The monoisotopic (exact) mass is 327 g/mol. The predicted octanol–water partition coefficient (Wildman–Crippen LogP) is 3.01. The molecule has 4 nitrogen and oxygen atoms in total. The van der Waals surface area contributed by atoms with E-state index in [-0.39, 0.29) is 17.9 Å². The number of nitrogens with zero attached hydrogens (tertiary/aromatic N) is 1. The summed E-state index contributed by atoms with van der Waals surface area (Å²) < 4.78 is 5.31. The number of likely N-dealkylation sites (N-methyl/N-ethyl adjacent to an activating group) is 1. The van der Waals surface area contributed by atoms with Gasteiger partial charge in [0, 0.05) is 19.5 Å².